The van der Waals surface area contributed by atoms with E-state index in [1.807, 2.05) is 12.1 Å². The van der Waals surface area contributed by atoms with E-state index < -0.39 is 0 Å². The topological polar surface area (TPSA) is 34.5 Å². The van der Waals surface area contributed by atoms with Crippen molar-refractivity contribution in [3.05, 3.63) is 194 Å². The van der Waals surface area contributed by atoms with Crippen LogP contribution < -0.4 is 4.90 Å². The lowest BCUT2D eigenvalue weighted by Gasteiger charge is -2.27. The quantitative estimate of drug-likeness (QED) is 0.178. The standard InChI is InChI=1S/C52H32N2O2/c1-2-15-36(16-3-1)53-43-21-8-6-19-39(43)42-32-35(28-30-44(42)53)34-14-10-17-37(31-34)54(45-22-11-25-48-50(45)40-20-7-9-24-47(40)55-48)46-23-12-26-49-51(46)41-29-27-33-13-4-5-18-38(33)52(41)56-49/h1-32H. The Hall–Kier alpha value is -7.56. The molecule has 0 saturated carbocycles. The molecule has 12 aromatic rings. The zero-order chi connectivity index (χ0) is 36.7. The maximum Gasteiger partial charge on any atom is 0.143 e. The van der Waals surface area contributed by atoms with E-state index in [2.05, 4.69) is 191 Å². The third-order valence-corrected chi connectivity index (χ3v) is 11.4. The van der Waals surface area contributed by atoms with E-state index in [1.165, 1.54) is 21.8 Å². The molecule has 0 amide bonds. The number of benzene rings is 9. The lowest BCUT2D eigenvalue weighted by molar-refractivity contribution is 0.669. The van der Waals surface area contributed by atoms with Crippen LogP contribution in [0.5, 0.6) is 0 Å². The Labute approximate surface area is 321 Å². The van der Waals surface area contributed by atoms with Gasteiger partial charge in [0.25, 0.3) is 0 Å². The Kier molecular flexibility index (Phi) is 6.60. The summed E-state index contributed by atoms with van der Waals surface area (Å²) in [5, 5.41) is 9.01. The van der Waals surface area contributed by atoms with Crippen LogP contribution in [0, 0.1) is 0 Å². The van der Waals surface area contributed by atoms with Crippen LogP contribution in [0.15, 0.2) is 203 Å². The van der Waals surface area contributed by atoms with E-state index in [1.54, 1.807) is 0 Å². The second-order valence-corrected chi connectivity index (χ2v) is 14.5. The lowest BCUT2D eigenvalue weighted by atomic mass is 10.0. The molecule has 3 aromatic heterocycles. The van der Waals surface area contributed by atoms with Crippen LogP contribution in [0.1, 0.15) is 0 Å². The Balaban J connectivity index is 1.11. The minimum absolute atomic E-state index is 0.847. The van der Waals surface area contributed by atoms with Gasteiger partial charge in [-0.25, -0.2) is 0 Å². The monoisotopic (exact) mass is 716 g/mol. The first-order valence-electron chi connectivity index (χ1n) is 19.0. The number of nitrogens with zero attached hydrogens (tertiary/aromatic N) is 2. The molecule has 4 heteroatoms. The van der Waals surface area contributed by atoms with Crippen molar-refractivity contribution in [1.82, 2.24) is 4.57 Å². The Morgan fingerprint density at radius 3 is 1.88 bits per heavy atom. The van der Waals surface area contributed by atoms with Crippen LogP contribution in [0.4, 0.5) is 17.1 Å². The van der Waals surface area contributed by atoms with Crippen molar-refractivity contribution in [3.8, 4) is 16.8 Å². The zero-order valence-corrected chi connectivity index (χ0v) is 30.2. The fraction of sp³-hybridized carbons (Fsp3) is 0. The Morgan fingerprint density at radius 2 is 1.02 bits per heavy atom. The average Bonchev–Trinajstić information content (AvgIpc) is 3.94. The maximum atomic E-state index is 6.73. The van der Waals surface area contributed by atoms with Crippen molar-refractivity contribution >= 4 is 93.5 Å². The molecule has 0 unspecified atom stereocenters. The summed E-state index contributed by atoms with van der Waals surface area (Å²) in [5.41, 5.74) is 12.4. The highest BCUT2D eigenvalue weighted by Gasteiger charge is 2.24. The normalized spacial score (nSPS) is 11.9. The molecule has 0 radical (unpaired) electrons. The molecule has 56 heavy (non-hydrogen) atoms. The molecule has 0 aliphatic rings. The molecule has 0 N–H and O–H groups in total. The Bertz CT molecular complexity index is 3500. The molecular formula is C52H32N2O2. The number of anilines is 3. The van der Waals surface area contributed by atoms with E-state index in [4.69, 9.17) is 8.83 Å². The van der Waals surface area contributed by atoms with Gasteiger partial charge in [-0.05, 0) is 95.4 Å². The summed E-state index contributed by atoms with van der Waals surface area (Å²) in [6, 6.07) is 69.0. The van der Waals surface area contributed by atoms with Crippen molar-refractivity contribution in [1.29, 1.82) is 0 Å². The molecule has 12 rings (SSSR count). The summed E-state index contributed by atoms with van der Waals surface area (Å²) in [7, 11) is 0. The fourth-order valence-electron chi connectivity index (χ4n) is 8.90. The number of aromatic nitrogens is 1. The van der Waals surface area contributed by atoms with Gasteiger partial charge in [0.1, 0.15) is 22.3 Å². The average molecular weight is 717 g/mol. The molecule has 0 aliphatic heterocycles. The zero-order valence-electron chi connectivity index (χ0n) is 30.2. The van der Waals surface area contributed by atoms with Crippen molar-refractivity contribution in [3.63, 3.8) is 0 Å². The highest BCUT2D eigenvalue weighted by atomic mass is 16.3. The van der Waals surface area contributed by atoms with Crippen LogP contribution in [0.25, 0.3) is 93.3 Å². The van der Waals surface area contributed by atoms with Crippen LogP contribution >= 0.6 is 0 Å². The van der Waals surface area contributed by atoms with Gasteiger partial charge in [-0.3, -0.25) is 0 Å². The summed E-state index contributed by atoms with van der Waals surface area (Å²) in [6.07, 6.45) is 0. The highest BCUT2D eigenvalue weighted by molar-refractivity contribution is 6.21. The number of furan rings is 2. The molecule has 0 spiro atoms. The Morgan fingerprint density at radius 1 is 0.375 bits per heavy atom. The van der Waals surface area contributed by atoms with Crippen molar-refractivity contribution in [2.75, 3.05) is 4.90 Å². The number of hydrogen-bond donors (Lipinski definition) is 0. The third kappa shape index (κ3) is 4.53. The van der Waals surface area contributed by atoms with E-state index in [0.717, 1.165) is 88.5 Å². The van der Waals surface area contributed by atoms with Gasteiger partial charge in [-0.1, -0.05) is 115 Å². The van der Waals surface area contributed by atoms with Gasteiger partial charge >= 0.3 is 0 Å². The molecule has 3 heterocycles. The molecule has 262 valence electrons. The minimum Gasteiger partial charge on any atom is -0.456 e. The summed E-state index contributed by atoms with van der Waals surface area (Å²) < 4.78 is 15.6. The molecule has 0 bridgehead atoms. The number of fused-ring (bicyclic) bond motifs is 11. The van der Waals surface area contributed by atoms with Gasteiger partial charge in [-0.2, -0.15) is 0 Å². The van der Waals surface area contributed by atoms with E-state index in [0.29, 0.717) is 0 Å². The highest BCUT2D eigenvalue weighted by Crippen LogP contribution is 2.48. The largest absolute Gasteiger partial charge is 0.456 e. The molecule has 0 saturated heterocycles. The van der Waals surface area contributed by atoms with Crippen LogP contribution in [0.3, 0.4) is 0 Å². The molecule has 9 aromatic carbocycles. The summed E-state index contributed by atoms with van der Waals surface area (Å²) in [6.45, 7) is 0. The van der Waals surface area contributed by atoms with Crippen LogP contribution in [-0.4, -0.2) is 4.57 Å². The molecule has 4 nitrogen and oxygen atoms in total. The molecule has 0 fully saturated rings. The fourth-order valence-corrected chi connectivity index (χ4v) is 8.90. The van der Waals surface area contributed by atoms with Crippen molar-refractivity contribution in [2.45, 2.75) is 0 Å². The van der Waals surface area contributed by atoms with Gasteiger partial charge in [0.05, 0.1) is 33.2 Å². The first kappa shape index (κ1) is 30.9. The number of para-hydroxylation sites is 3. The predicted octanol–water partition coefficient (Wildman–Crippen LogP) is 14.9. The maximum absolute atomic E-state index is 6.73. The van der Waals surface area contributed by atoms with E-state index >= 15 is 0 Å². The summed E-state index contributed by atoms with van der Waals surface area (Å²) >= 11 is 0. The predicted molar refractivity (Wildman–Crippen MR) is 233 cm³/mol. The van der Waals surface area contributed by atoms with E-state index in [9.17, 15) is 0 Å². The smallest absolute Gasteiger partial charge is 0.143 e. The van der Waals surface area contributed by atoms with Crippen LogP contribution in [-0.2, 0) is 0 Å². The van der Waals surface area contributed by atoms with Crippen LogP contribution in [0.2, 0.25) is 0 Å². The summed E-state index contributed by atoms with van der Waals surface area (Å²) in [5.74, 6) is 0. The van der Waals surface area contributed by atoms with Gasteiger partial charge in [0.15, 0.2) is 0 Å². The first-order valence-corrected chi connectivity index (χ1v) is 19.0. The van der Waals surface area contributed by atoms with Gasteiger partial charge < -0.3 is 18.3 Å². The van der Waals surface area contributed by atoms with E-state index in [-0.39, 0.29) is 0 Å². The SMILES string of the molecule is c1ccc(-n2c3ccccc3c3cc(-c4cccc(N(c5cccc6oc7ccccc7c56)c5cccc6oc7c8ccccc8ccc7c56)c4)ccc32)cc1. The third-order valence-electron chi connectivity index (χ3n) is 11.4. The van der Waals surface area contributed by atoms with Crippen molar-refractivity contribution < 1.29 is 8.83 Å². The minimum atomic E-state index is 0.847. The second kappa shape index (κ2) is 12.0. The van der Waals surface area contributed by atoms with Gasteiger partial charge in [-0.15, -0.1) is 0 Å². The number of hydrogen-bond acceptors (Lipinski definition) is 3. The van der Waals surface area contributed by atoms with Gasteiger partial charge in [0, 0.05) is 38.3 Å². The summed E-state index contributed by atoms with van der Waals surface area (Å²) in [4.78, 5) is 2.39. The van der Waals surface area contributed by atoms with Crippen molar-refractivity contribution in [2.24, 2.45) is 0 Å². The first-order chi connectivity index (χ1) is 27.8. The second-order valence-electron chi connectivity index (χ2n) is 14.5. The van der Waals surface area contributed by atoms with Gasteiger partial charge in [0.2, 0.25) is 0 Å². The molecular weight excluding hydrogens is 685 g/mol. The molecule has 0 atom stereocenters. The number of rotatable bonds is 5. The lowest BCUT2D eigenvalue weighted by Crippen LogP contribution is -2.11. The molecule has 0 aliphatic carbocycles.